The molecule has 0 saturated carbocycles. The summed E-state index contributed by atoms with van der Waals surface area (Å²) in [7, 11) is 1.66. The highest BCUT2D eigenvalue weighted by Crippen LogP contribution is 2.07. The maximum Gasteiger partial charge on any atom is 0.237 e. The molecule has 0 saturated heterocycles. The normalized spacial score (nSPS) is 14.9. The fraction of sp³-hybridized carbons (Fsp3) is 0.900. The second kappa shape index (κ2) is 7.62. The van der Waals surface area contributed by atoms with Crippen LogP contribution in [0.15, 0.2) is 0 Å². The molecule has 1 atom stereocenters. The molecule has 0 aromatic carbocycles. The van der Waals surface area contributed by atoms with Crippen molar-refractivity contribution in [1.82, 2.24) is 0 Å². The lowest BCUT2D eigenvalue weighted by molar-refractivity contribution is -0.122. The van der Waals surface area contributed by atoms with Gasteiger partial charge in [0.2, 0.25) is 5.91 Å². The van der Waals surface area contributed by atoms with Crippen molar-refractivity contribution >= 4 is 5.91 Å². The summed E-state index contributed by atoms with van der Waals surface area (Å²) in [5.74, 6) is -0.470. The lowest BCUT2D eigenvalue weighted by atomic mass is 9.97. The van der Waals surface area contributed by atoms with E-state index < -0.39 is 11.4 Å². The van der Waals surface area contributed by atoms with E-state index >= 15 is 0 Å². The number of methoxy groups -OCH3 is 1. The van der Waals surface area contributed by atoms with E-state index in [1.807, 2.05) is 0 Å². The SMILES string of the molecule is COCCCOCCCC(C)(N)C(N)=O. The van der Waals surface area contributed by atoms with Gasteiger partial charge in [-0.3, -0.25) is 4.79 Å². The molecule has 15 heavy (non-hydrogen) atoms. The number of nitrogens with two attached hydrogens (primary N) is 2. The van der Waals surface area contributed by atoms with E-state index in [1.54, 1.807) is 14.0 Å². The third kappa shape index (κ3) is 7.30. The molecule has 0 heterocycles. The molecule has 0 spiro atoms. The molecule has 5 heteroatoms. The first-order valence-electron chi connectivity index (χ1n) is 5.16. The molecule has 0 bridgehead atoms. The van der Waals surface area contributed by atoms with Gasteiger partial charge in [0.15, 0.2) is 0 Å². The van der Waals surface area contributed by atoms with Crippen LogP contribution in [-0.2, 0) is 14.3 Å². The summed E-state index contributed by atoms with van der Waals surface area (Å²) in [5, 5.41) is 0. The Hall–Kier alpha value is -0.650. The standard InChI is InChI=1S/C10H22N2O3/c1-10(12,9(11)13)5-3-7-15-8-4-6-14-2/h3-8,12H2,1-2H3,(H2,11,13). The molecule has 0 aromatic heterocycles. The van der Waals surface area contributed by atoms with Crippen molar-refractivity contribution < 1.29 is 14.3 Å². The predicted octanol–water partition coefficient (Wildman–Crippen LogP) is 0.0224. The molecule has 0 aliphatic heterocycles. The van der Waals surface area contributed by atoms with Crippen LogP contribution in [0.5, 0.6) is 0 Å². The highest BCUT2D eigenvalue weighted by Gasteiger charge is 2.24. The van der Waals surface area contributed by atoms with E-state index in [-0.39, 0.29) is 0 Å². The first kappa shape index (κ1) is 14.3. The van der Waals surface area contributed by atoms with E-state index in [9.17, 15) is 4.79 Å². The van der Waals surface area contributed by atoms with Gasteiger partial charge in [0.1, 0.15) is 0 Å². The summed E-state index contributed by atoms with van der Waals surface area (Å²) in [6.45, 7) is 3.62. The van der Waals surface area contributed by atoms with Gasteiger partial charge in [-0.15, -0.1) is 0 Å². The number of amides is 1. The second-order valence-electron chi connectivity index (χ2n) is 3.84. The van der Waals surface area contributed by atoms with Gasteiger partial charge in [-0.05, 0) is 26.2 Å². The maximum absolute atomic E-state index is 10.9. The van der Waals surface area contributed by atoms with Crippen LogP contribution < -0.4 is 11.5 Å². The molecule has 0 fully saturated rings. The molecular formula is C10H22N2O3. The van der Waals surface area contributed by atoms with Crippen molar-refractivity contribution in [1.29, 1.82) is 0 Å². The van der Waals surface area contributed by atoms with Gasteiger partial charge < -0.3 is 20.9 Å². The minimum Gasteiger partial charge on any atom is -0.385 e. The van der Waals surface area contributed by atoms with Crippen molar-refractivity contribution in [2.24, 2.45) is 11.5 Å². The molecular weight excluding hydrogens is 196 g/mol. The monoisotopic (exact) mass is 218 g/mol. The summed E-state index contributed by atoms with van der Waals surface area (Å²) < 4.78 is 10.2. The smallest absolute Gasteiger partial charge is 0.237 e. The van der Waals surface area contributed by atoms with Crippen LogP contribution in [0, 0.1) is 0 Å². The Morgan fingerprint density at radius 1 is 1.27 bits per heavy atom. The Morgan fingerprint density at radius 3 is 2.40 bits per heavy atom. The molecule has 0 aliphatic rings. The van der Waals surface area contributed by atoms with Crippen LogP contribution in [-0.4, -0.2) is 38.4 Å². The second-order valence-corrected chi connectivity index (χ2v) is 3.84. The van der Waals surface area contributed by atoms with E-state index in [0.717, 1.165) is 12.8 Å². The zero-order valence-corrected chi connectivity index (χ0v) is 9.62. The lowest BCUT2D eigenvalue weighted by Crippen LogP contribution is -2.49. The Balaban J connectivity index is 3.35. The molecule has 5 nitrogen and oxygen atoms in total. The minimum atomic E-state index is -0.921. The topological polar surface area (TPSA) is 87.6 Å². The first-order chi connectivity index (χ1) is 7.00. The molecule has 0 aliphatic carbocycles. The van der Waals surface area contributed by atoms with Crippen LogP contribution in [0.2, 0.25) is 0 Å². The molecule has 0 radical (unpaired) electrons. The van der Waals surface area contributed by atoms with E-state index in [0.29, 0.717) is 26.2 Å². The van der Waals surface area contributed by atoms with Crippen LogP contribution in [0.25, 0.3) is 0 Å². The summed E-state index contributed by atoms with van der Waals surface area (Å²) >= 11 is 0. The molecule has 4 N–H and O–H groups in total. The fourth-order valence-electron chi connectivity index (χ4n) is 1.07. The van der Waals surface area contributed by atoms with Crippen molar-refractivity contribution in [3.05, 3.63) is 0 Å². The largest absolute Gasteiger partial charge is 0.385 e. The number of hydrogen-bond donors (Lipinski definition) is 2. The summed E-state index contributed by atoms with van der Waals surface area (Å²) in [4.78, 5) is 10.9. The third-order valence-electron chi connectivity index (χ3n) is 2.18. The lowest BCUT2D eigenvalue weighted by Gasteiger charge is -2.19. The van der Waals surface area contributed by atoms with Gasteiger partial charge in [-0.2, -0.15) is 0 Å². The zero-order chi connectivity index (χ0) is 11.7. The van der Waals surface area contributed by atoms with Crippen LogP contribution in [0.4, 0.5) is 0 Å². The third-order valence-corrected chi connectivity index (χ3v) is 2.18. The average molecular weight is 218 g/mol. The van der Waals surface area contributed by atoms with Gasteiger partial charge in [0.25, 0.3) is 0 Å². The summed E-state index contributed by atoms with van der Waals surface area (Å²) in [6.07, 6.45) is 2.17. The minimum absolute atomic E-state index is 0.470. The Kier molecular flexibility index (Phi) is 7.29. The van der Waals surface area contributed by atoms with Gasteiger partial charge in [-0.1, -0.05) is 0 Å². The van der Waals surface area contributed by atoms with E-state index in [1.165, 1.54) is 0 Å². The first-order valence-corrected chi connectivity index (χ1v) is 5.16. The molecule has 1 unspecified atom stereocenters. The maximum atomic E-state index is 10.9. The average Bonchev–Trinajstić information content (AvgIpc) is 2.16. The van der Waals surface area contributed by atoms with Gasteiger partial charge >= 0.3 is 0 Å². The van der Waals surface area contributed by atoms with Crippen LogP contribution in [0.1, 0.15) is 26.2 Å². The van der Waals surface area contributed by atoms with Crippen molar-refractivity contribution in [3.63, 3.8) is 0 Å². The molecule has 90 valence electrons. The van der Waals surface area contributed by atoms with Gasteiger partial charge in [0, 0.05) is 26.9 Å². The van der Waals surface area contributed by atoms with Crippen molar-refractivity contribution in [2.45, 2.75) is 31.7 Å². The fourth-order valence-corrected chi connectivity index (χ4v) is 1.07. The van der Waals surface area contributed by atoms with Gasteiger partial charge in [0.05, 0.1) is 5.54 Å². The summed E-state index contributed by atoms with van der Waals surface area (Å²) in [6, 6.07) is 0. The van der Waals surface area contributed by atoms with Crippen LogP contribution >= 0.6 is 0 Å². The Morgan fingerprint density at radius 2 is 1.87 bits per heavy atom. The molecule has 0 rings (SSSR count). The predicted molar refractivity (Wildman–Crippen MR) is 58.3 cm³/mol. The van der Waals surface area contributed by atoms with E-state index in [4.69, 9.17) is 20.9 Å². The highest BCUT2D eigenvalue weighted by molar-refractivity contribution is 5.83. The summed E-state index contributed by atoms with van der Waals surface area (Å²) in [5.41, 5.74) is 9.88. The van der Waals surface area contributed by atoms with Crippen molar-refractivity contribution in [3.8, 4) is 0 Å². The number of ether oxygens (including phenoxy) is 2. The highest BCUT2D eigenvalue weighted by atomic mass is 16.5. The number of primary amides is 1. The van der Waals surface area contributed by atoms with E-state index in [2.05, 4.69) is 0 Å². The quantitative estimate of drug-likeness (QED) is 0.534. The Bertz CT molecular complexity index is 184. The number of carbonyl (C=O) groups excluding carboxylic acids is 1. The number of carbonyl (C=O) groups is 1. The zero-order valence-electron chi connectivity index (χ0n) is 9.62. The molecule has 1 amide bonds. The van der Waals surface area contributed by atoms with Crippen molar-refractivity contribution in [2.75, 3.05) is 26.9 Å². The number of hydrogen-bond acceptors (Lipinski definition) is 4. The van der Waals surface area contributed by atoms with Gasteiger partial charge in [-0.25, -0.2) is 0 Å². The number of rotatable bonds is 9. The Labute approximate surface area is 91.1 Å². The molecule has 0 aromatic rings. The van der Waals surface area contributed by atoms with Crippen LogP contribution in [0.3, 0.4) is 0 Å².